The van der Waals surface area contributed by atoms with Crippen LogP contribution in [0.5, 0.6) is 5.75 Å². The predicted octanol–water partition coefficient (Wildman–Crippen LogP) is 3.56. The Labute approximate surface area is 129 Å². The number of hydrogen-bond acceptors (Lipinski definition) is 4. The molecule has 0 bridgehead atoms. The number of nitrogens with zero attached hydrogens (tertiary/aromatic N) is 1. The fourth-order valence-corrected chi connectivity index (χ4v) is 1.51. The van der Waals surface area contributed by atoms with E-state index < -0.39 is 5.97 Å². The van der Waals surface area contributed by atoms with Gasteiger partial charge in [0.1, 0.15) is 5.75 Å². The number of rotatable bonds is 4. The van der Waals surface area contributed by atoms with Crippen LogP contribution in [0.25, 0.3) is 10.9 Å². The van der Waals surface area contributed by atoms with Crippen molar-refractivity contribution in [2.24, 2.45) is 0 Å². The number of aromatic nitrogens is 1. The van der Waals surface area contributed by atoms with Gasteiger partial charge in [-0.2, -0.15) is 0 Å². The van der Waals surface area contributed by atoms with Crippen molar-refractivity contribution in [3.8, 4) is 5.75 Å². The highest BCUT2D eigenvalue weighted by Gasteiger charge is 2.02. The SMILES string of the molecule is C=CC(=O)C=C.C=CC(=O)Oc1cnc2cc(C)ccc2c1. The number of pyridine rings is 1. The molecule has 0 amide bonds. The average Bonchev–Trinajstić information content (AvgIpc) is 2.54. The third-order valence-corrected chi connectivity index (χ3v) is 2.60. The normalized spacial score (nSPS) is 9.14. The molecule has 2 aromatic rings. The van der Waals surface area contributed by atoms with Crippen LogP contribution in [0, 0.1) is 6.92 Å². The molecule has 2 rings (SSSR count). The Kier molecular flexibility index (Phi) is 6.44. The van der Waals surface area contributed by atoms with E-state index in [9.17, 15) is 9.59 Å². The molecule has 1 heterocycles. The van der Waals surface area contributed by atoms with Crippen molar-refractivity contribution < 1.29 is 14.3 Å². The lowest BCUT2D eigenvalue weighted by atomic mass is 10.1. The summed E-state index contributed by atoms with van der Waals surface area (Å²) in [6, 6.07) is 7.70. The monoisotopic (exact) mass is 295 g/mol. The quantitative estimate of drug-likeness (QED) is 0.639. The number of carbonyl (C=O) groups is 2. The van der Waals surface area contributed by atoms with Crippen LogP contribution in [-0.2, 0) is 9.59 Å². The summed E-state index contributed by atoms with van der Waals surface area (Å²) in [5, 5.41) is 0.944. The summed E-state index contributed by atoms with van der Waals surface area (Å²) >= 11 is 0. The first-order chi connectivity index (χ1) is 10.5. The molecule has 0 N–H and O–H groups in total. The molecule has 0 unspecified atom stereocenters. The summed E-state index contributed by atoms with van der Waals surface area (Å²) < 4.78 is 4.98. The van der Waals surface area contributed by atoms with E-state index in [-0.39, 0.29) is 5.78 Å². The molecule has 4 nitrogen and oxygen atoms in total. The van der Waals surface area contributed by atoms with Gasteiger partial charge >= 0.3 is 5.97 Å². The standard InChI is InChI=1S/C13H11NO2.C5H6O/c1-3-13(15)16-11-7-10-5-4-9(2)6-12(10)14-8-11;1-3-5(6)4-2/h3-8H,1H2,2H3;3-4H,1-2H2. The van der Waals surface area contributed by atoms with Gasteiger partial charge < -0.3 is 4.74 Å². The molecule has 0 saturated heterocycles. The zero-order valence-corrected chi connectivity index (χ0v) is 12.4. The molecule has 0 spiro atoms. The lowest BCUT2D eigenvalue weighted by Gasteiger charge is -2.03. The second-order valence-electron chi connectivity index (χ2n) is 4.30. The number of aryl methyl sites for hydroxylation is 1. The van der Waals surface area contributed by atoms with Gasteiger partial charge in [0.15, 0.2) is 5.78 Å². The number of ketones is 1. The van der Waals surface area contributed by atoms with Crippen LogP contribution in [0.1, 0.15) is 5.56 Å². The number of hydrogen-bond donors (Lipinski definition) is 0. The van der Waals surface area contributed by atoms with E-state index in [2.05, 4.69) is 24.7 Å². The summed E-state index contributed by atoms with van der Waals surface area (Å²) in [5.74, 6) is -0.176. The van der Waals surface area contributed by atoms with Gasteiger partial charge in [-0.3, -0.25) is 9.78 Å². The van der Waals surface area contributed by atoms with Crippen LogP contribution in [0.15, 0.2) is 68.4 Å². The van der Waals surface area contributed by atoms with Crippen LogP contribution < -0.4 is 4.74 Å². The van der Waals surface area contributed by atoms with E-state index in [0.29, 0.717) is 5.75 Å². The van der Waals surface area contributed by atoms with Crippen molar-refractivity contribution in [3.05, 3.63) is 74.0 Å². The van der Waals surface area contributed by atoms with E-state index in [1.807, 2.05) is 25.1 Å². The first-order valence-corrected chi connectivity index (χ1v) is 6.49. The molecule has 1 aromatic carbocycles. The van der Waals surface area contributed by atoms with E-state index in [0.717, 1.165) is 22.5 Å². The number of fused-ring (bicyclic) bond motifs is 1. The summed E-state index contributed by atoms with van der Waals surface area (Å²) in [5.41, 5.74) is 2.04. The molecule has 0 aliphatic carbocycles. The molecule has 22 heavy (non-hydrogen) atoms. The summed E-state index contributed by atoms with van der Waals surface area (Å²) in [4.78, 5) is 25.2. The summed E-state index contributed by atoms with van der Waals surface area (Å²) in [6.07, 6.45) is 5.09. The van der Waals surface area contributed by atoms with Crippen molar-refractivity contribution in [3.63, 3.8) is 0 Å². The lowest BCUT2D eigenvalue weighted by molar-refractivity contribution is -0.129. The van der Waals surface area contributed by atoms with Gasteiger partial charge in [0.05, 0.1) is 11.7 Å². The molecule has 4 heteroatoms. The van der Waals surface area contributed by atoms with E-state index in [1.54, 1.807) is 6.07 Å². The maximum atomic E-state index is 11.0. The Balaban J connectivity index is 0.000000346. The first-order valence-electron chi connectivity index (χ1n) is 6.49. The van der Waals surface area contributed by atoms with Gasteiger partial charge in [-0.15, -0.1) is 0 Å². The Morgan fingerprint density at radius 3 is 2.32 bits per heavy atom. The molecule has 0 aliphatic rings. The fraction of sp³-hybridized carbons (Fsp3) is 0.0556. The fourth-order valence-electron chi connectivity index (χ4n) is 1.51. The molecule has 0 atom stereocenters. The maximum Gasteiger partial charge on any atom is 0.335 e. The van der Waals surface area contributed by atoms with Crippen LogP contribution in [0.3, 0.4) is 0 Å². The number of allylic oxidation sites excluding steroid dienone is 2. The second kappa shape index (κ2) is 8.32. The molecular formula is C18H17NO3. The Morgan fingerprint density at radius 2 is 1.77 bits per heavy atom. The molecule has 112 valence electrons. The van der Waals surface area contributed by atoms with Gasteiger partial charge in [0.25, 0.3) is 0 Å². The molecule has 0 aliphatic heterocycles. The third kappa shape index (κ3) is 5.17. The van der Waals surface area contributed by atoms with E-state index in [1.165, 1.54) is 18.3 Å². The van der Waals surface area contributed by atoms with Crippen molar-refractivity contribution in [2.75, 3.05) is 0 Å². The lowest BCUT2D eigenvalue weighted by Crippen LogP contribution is -2.03. The van der Waals surface area contributed by atoms with Crippen molar-refractivity contribution >= 4 is 22.7 Å². The van der Waals surface area contributed by atoms with Gasteiger partial charge in [0.2, 0.25) is 0 Å². The van der Waals surface area contributed by atoms with Crippen LogP contribution in [0.4, 0.5) is 0 Å². The Hall–Kier alpha value is -3.01. The minimum atomic E-state index is -0.478. The number of benzene rings is 1. The molecule has 0 radical (unpaired) electrons. The van der Waals surface area contributed by atoms with E-state index >= 15 is 0 Å². The van der Waals surface area contributed by atoms with Gasteiger partial charge in [-0.1, -0.05) is 31.9 Å². The van der Waals surface area contributed by atoms with Crippen molar-refractivity contribution in [1.82, 2.24) is 4.98 Å². The van der Waals surface area contributed by atoms with Gasteiger partial charge in [-0.05, 0) is 36.8 Å². The Morgan fingerprint density at radius 1 is 1.09 bits per heavy atom. The topological polar surface area (TPSA) is 56.3 Å². The number of esters is 1. The van der Waals surface area contributed by atoms with Gasteiger partial charge in [0, 0.05) is 11.5 Å². The highest BCUT2D eigenvalue weighted by molar-refractivity contribution is 5.98. The van der Waals surface area contributed by atoms with Crippen molar-refractivity contribution in [1.29, 1.82) is 0 Å². The number of ether oxygens (including phenoxy) is 1. The highest BCUT2D eigenvalue weighted by atomic mass is 16.5. The largest absolute Gasteiger partial charge is 0.422 e. The maximum absolute atomic E-state index is 11.0. The average molecular weight is 295 g/mol. The summed E-state index contributed by atoms with van der Waals surface area (Å²) in [6.45, 7) is 11.8. The molecule has 1 aromatic heterocycles. The zero-order chi connectivity index (χ0) is 16.5. The minimum absolute atomic E-state index is 0.130. The van der Waals surface area contributed by atoms with E-state index in [4.69, 9.17) is 4.74 Å². The first kappa shape index (κ1) is 17.0. The van der Waals surface area contributed by atoms with Crippen LogP contribution in [-0.4, -0.2) is 16.7 Å². The number of carbonyl (C=O) groups excluding carboxylic acids is 2. The van der Waals surface area contributed by atoms with Gasteiger partial charge in [-0.25, -0.2) is 4.79 Å². The smallest absolute Gasteiger partial charge is 0.335 e. The third-order valence-electron chi connectivity index (χ3n) is 2.60. The molecule has 0 saturated carbocycles. The zero-order valence-electron chi connectivity index (χ0n) is 12.4. The van der Waals surface area contributed by atoms with Crippen LogP contribution >= 0.6 is 0 Å². The Bertz CT molecular complexity index is 722. The minimum Gasteiger partial charge on any atom is -0.422 e. The van der Waals surface area contributed by atoms with Crippen LogP contribution in [0.2, 0.25) is 0 Å². The second-order valence-corrected chi connectivity index (χ2v) is 4.30. The summed E-state index contributed by atoms with van der Waals surface area (Å²) in [7, 11) is 0. The molecule has 0 fully saturated rings. The molecular weight excluding hydrogens is 278 g/mol. The highest BCUT2D eigenvalue weighted by Crippen LogP contribution is 2.19. The van der Waals surface area contributed by atoms with Crippen molar-refractivity contribution in [2.45, 2.75) is 6.92 Å². The predicted molar refractivity (Wildman–Crippen MR) is 87.7 cm³/mol.